The highest BCUT2D eigenvalue weighted by Crippen LogP contribution is 2.29. The smallest absolute Gasteiger partial charge is 0.257 e. The van der Waals surface area contributed by atoms with Gasteiger partial charge in [-0.2, -0.15) is 0 Å². The monoisotopic (exact) mass is 408 g/mol. The van der Waals surface area contributed by atoms with Gasteiger partial charge in [-0.1, -0.05) is 18.2 Å². The lowest BCUT2D eigenvalue weighted by Gasteiger charge is -2.26. The molecule has 7 heteroatoms. The van der Waals surface area contributed by atoms with Crippen LogP contribution in [-0.2, 0) is 11.3 Å². The number of morpholine rings is 1. The molecule has 0 amide bonds. The number of aromatic nitrogens is 2. The maximum absolute atomic E-state index is 12.8. The van der Waals surface area contributed by atoms with E-state index in [4.69, 9.17) is 9.72 Å². The van der Waals surface area contributed by atoms with Gasteiger partial charge >= 0.3 is 0 Å². The fourth-order valence-corrected chi connectivity index (χ4v) is 4.70. The molecule has 6 nitrogen and oxygen atoms in total. The summed E-state index contributed by atoms with van der Waals surface area (Å²) >= 11 is 1.59. The van der Waals surface area contributed by atoms with E-state index in [2.05, 4.69) is 39.2 Å². The number of H-pyrrole nitrogens is 1. The molecular formula is C22H24N4O2S. The summed E-state index contributed by atoms with van der Waals surface area (Å²) in [5, 5.41) is 4.00. The number of hydrogen-bond donors (Lipinski definition) is 1. The predicted octanol–water partition coefficient (Wildman–Crippen LogP) is 3.80. The molecule has 2 aliphatic rings. The quantitative estimate of drug-likeness (QED) is 0.713. The Kier molecular flexibility index (Phi) is 5.10. The van der Waals surface area contributed by atoms with Gasteiger partial charge in [-0.15, -0.1) is 11.3 Å². The van der Waals surface area contributed by atoms with E-state index in [9.17, 15) is 4.79 Å². The molecular weight excluding hydrogens is 384 g/mol. The van der Waals surface area contributed by atoms with E-state index in [0.29, 0.717) is 5.56 Å². The van der Waals surface area contributed by atoms with Crippen molar-refractivity contribution < 1.29 is 6.16 Å². The highest BCUT2D eigenvalue weighted by atomic mass is 32.1. The second kappa shape index (κ2) is 8.02. The first-order valence-electron chi connectivity index (χ1n) is 9.86. The molecule has 29 heavy (non-hydrogen) atoms. The number of allylic oxidation sites excluding steroid dienone is 1. The molecule has 0 bridgehead atoms. The first-order valence-corrected chi connectivity index (χ1v) is 10.7. The van der Waals surface area contributed by atoms with Gasteiger partial charge in [-0.3, -0.25) is 14.7 Å². The third-order valence-electron chi connectivity index (χ3n) is 5.40. The van der Waals surface area contributed by atoms with Crippen molar-refractivity contribution in [2.24, 2.45) is 4.99 Å². The van der Waals surface area contributed by atoms with Gasteiger partial charge in [0.25, 0.3) is 5.56 Å². The summed E-state index contributed by atoms with van der Waals surface area (Å²) in [5.74, 6) is 0.244. The Bertz CT molecular complexity index is 1150. The number of aromatic amines is 1. The van der Waals surface area contributed by atoms with Gasteiger partial charge in [0.05, 0.1) is 24.5 Å². The first-order chi connectivity index (χ1) is 14.3. The van der Waals surface area contributed by atoms with E-state index in [1.165, 1.54) is 5.56 Å². The Morgan fingerprint density at radius 3 is 3.00 bits per heavy atom. The number of rotatable bonds is 4. The molecule has 1 unspecified atom stereocenters. The average molecular weight is 409 g/mol. The molecule has 0 spiro atoms. The maximum Gasteiger partial charge on any atom is 0.257 e. The number of pyridine rings is 1. The lowest BCUT2D eigenvalue weighted by Crippen LogP contribution is -2.35. The predicted molar refractivity (Wildman–Crippen MR) is 119 cm³/mol. The van der Waals surface area contributed by atoms with Crippen LogP contribution in [0.1, 0.15) is 24.3 Å². The molecule has 3 aromatic rings. The number of aliphatic imine (C=N–C) groups is 1. The molecule has 5 rings (SSSR count). The molecule has 0 radical (unpaired) electrons. The van der Waals surface area contributed by atoms with Crippen molar-refractivity contribution in [3.8, 4) is 11.3 Å². The largest absolute Gasteiger partial charge is 0.379 e. The SMILES string of the molecule is O=c1[nH]c2cc(CN3CCOCC3)ccc2cc1-c1csc(C2C=CN=CC2)n1.[HH]. The minimum Gasteiger partial charge on any atom is -0.379 e. The molecule has 150 valence electrons. The highest BCUT2D eigenvalue weighted by Gasteiger charge is 2.16. The Balaban J connectivity index is 0.00000218. The Hall–Kier alpha value is -2.61. The second-order valence-electron chi connectivity index (χ2n) is 7.41. The molecule has 4 heterocycles. The minimum absolute atomic E-state index is 0. The van der Waals surface area contributed by atoms with Crippen molar-refractivity contribution in [2.75, 3.05) is 26.3 Å². The van der Waals surface area contributed by atoms with Crippen molar-refractivity contribution in [1.82, 2.24) is 14.9 Å². The van der Waals surface area contributed by atoms with Gasteiger partial charge in [0.2, 0.25) is 0 Å². The second-order valence-corrected chi connectivity index (χ2v) is 8.30. The normalized spacial score (nSPS) is 19.8. The topological polar surface area (TPSA) is 70.6 Å². The van der Waals surface area contributed by atoms with Crippen LogP contribution in [0.4, 0.5) is 0 Å². The summed E-state index contributed by atoms with van der Waals surface area (Å²) in [6.45, 7) is 4.33. The van der Waals surface area contributed by atoms with Crippen molar-refractivity contribution >= 4 is 28.5 Å². The molecule has 2 aromatic heterocycles. The Morgan fingerprint density at radius 2 is 2.17 bits per heavy atom. The van der Waals surface area contributed by atoms with Gasteiger partial charge in [-0.05, 0) is 29.5 Å². The summed E-state index contributed by atoms with van der Waals surface area (Å²) in [6.07, 6.45) is 6.63. The van der Waals surface area contributed by atoms with Crippen LogP contribution in [0, 0.1) is 0 Å². The molecule has 1 aromatic carbocycles. The van der Waals surface area contributed by atoms with Crippen LogP contribution in [0.15, 0.2) is 51.7 Å². The minimum atomic E-state index is -0.0985. The highest BCUT2D eigenvalue weighted by molar-refractivity contribution is 7.10. The fourth-order valence-electron chi connectivity index (χ4n) is 3.79. The van der Waals surface area contributed by atoms with Crippen LogP contribution in [0.3, 0.4) is 0 Å². The van der Waals surface area contributed by atoms with Crippen LogP contribution in [0.2, 0.25) is 0 Å². The average Bonchev–Trinajstić information content (AvgIpc) is 3.25. The van der Waals surface area contributed by atoms with Crippen LogP contribution in [-0.4, -0.2) is 47.4 Å². The molecule has 2 aliphatic heterocycles. The summed E-state index contributed by atoms with van der Waals surface area (Å²) < 4.78 is 5.41. The van der Waals surface area contributed by atoms with Crippen molar-refractivity contribution in [2.45, 2.75) is 18.9 Å². The summed E-state index contributed by atoms with van der Waals surface area (Å²) in [7, 11) is 0. The number of ether oxygens (including phenoxy) is 1. The molecule has 1 saturated heterocycles. The molecule has 1 fully saturated rings. The lowest BCUT2D eigenvalue weighted by molar-refractivity contribution is 0.0342. The number of nitrogens with zero attached hydrogens (tertiary/aromatic N) is 3. The summed E-state index contributed by atoms with van der Waals surface area (Å²) in [6, 6.07) is 8.25. The zero-order valence-corrected chi connectivity index (χ0v) is 16.8. The standard InChI is InChI=1S/C22H22N4O2S.H2/c27-21-18(20-14-29-22(25-20)16-3-5-23-6-4-16)12-17-2-1-15(11-19(17)24-21)13-26-7-9-28-10-8-26;/h1-3,5-6,11-12,14,16H,4,7-10,13H2,(H,24,27);1H. The fraction of sp³-hybridized carbons (Fsp3) is 0.318. The zero-order chi connectivity index (χ0) is 19.6. The molecule has 1 N–H and O–H groups in total. The number of hydrogen-bond acceptors (Lipinski definition) is 6. The van der Waals surface area contributed by atoms with Gasteiger partial charge in [-0.25, -0.2) is 4.98 Å². The Morgan fingerprint density at radius 1 is 1.28 bits per heavy atom. The van der Waals surface area contributed by atoms with Gasteiger partial charge < -0.3 is 9.72 Å². The van der Waals surface area contributed by atoms with Crippen LogP contribution in [0.5, 0.6) is 0 Å². The molecule has 1 atom stereocenters. The van der Waals surface area contributed by atoms with E-state index in [0.717, 1.165) is 60.9 Å². The van der Waals surface area contributed by atoms with E-state index < -0.39 is 0 Å². The van der Waals surface area contributed by atoms with Crippen molar-refractivity contribution in [3.63, 3.8) is 0 Å². The maximum atomic E-state index is 12.8. The third kappa shape index (κ3) is 3.94. The number of benzene rings is 1. The first kappa shape index (κ1) is 18.4. The molecule has 0 aliphatic carbocycles. The van der Waals surface area contributed by atoms with Gasteiger partial charge in [0.1, 0.15) is 5.01 Å². The summed E-state index contributed by atoms with van der Waals surface area (Å²) in [5.41, 5.74) is 3.32. The van der Waals surface area contributed by atoms with E-state index >= 15 is 0 Å². The van der Waals surface area contributed by atoms with E-state index in [1.54, 1.807) is 11.3 Å². The number of fused-ring (bicyclic) bond motifs is 1. The van der Waals surface area contributed by atoms with Crippen LogP contribution >= 0.6 is 11.3 Å². The van der Waals surface area contributed by atoms with Gasteiger partial charge in [0, 0.05) is 50.3 Å². The zero-order valence-electron chi connectivity index (χ0n) is 16.0. The van der Waals surface area contributed by atoms with E-state index in [-0.39, 0.29) is 12.9 Å². The number of thiazole rings is 1. The van der Waals surface area contributed by atoms with Crippen LogP contribution in [0.25, 0.3) is 22.2 Å². The van der Waals surface area contributed by atoms with Crippen molar-refractivity contribution in [1.29, 1.82) is 0 Å². The van der Waals surface area contributed by atoms with Crippen LogP contribution < -0.4 is 5.56 Å². The van der Waals surface area contributed by atoms with Crippen molar-refractivity contribution in [3.05, 3.63) is 62.8 Å². The molecule has 0 saturated carbocycles. The third-order valence-corrected chi connectivity index (χ3v) is 6.38. The summed E-state index contributed by atoms with van der Waals surface area (Å²) in [4.78, 5) is 27.0. The van der Waals surface area contributed by atoms with Gasteiger partial charge in [0.15, 0.2) is 0 Å². The number of nitrogens with one attached hydrogen (secondary N) is 1. The lowest BCUT2D eigenvalue weighted by atomic mass is 10.1. The van der Waals surface area contributed by atoms with E-state index in [1.807, 2.05) is 23.9 Å². The Labute approximate surface area is 174 Å².